The Morgan fingerprint density at radius 2 is 1.87 bits per heavy atom. The van der Waals surface area contributed by atoms with Crippen LogP contribution < -0.4 is 5.32 Å². The van der Waals surface area contributed by atoms with Gasteiger partial charge in [-0.3, -0.25) is 9.78 Å². The maximum absolute atomic E-state index is 12.3. The van der Waals surface area contributed by atoms with Gasteiger partial charge in [-0.15, -0.1) is 0 Å². The lowest BCUT2D eigenvalue weighted by atomic mass is 9.95. The fourth-order valence-corrected chi connectivity index (χ4v) is 2.22. The second-order valence-corrected chi connectivity index (χ2v) is 6.06. The molecule has 0 fully saturated rings. The third-order valence-corrected chi connectivity index (χ3v) is 3.57. The van der Waals surface area contributed by atoms with Crippen LogP contribution in [0.1, 0.15) is 46.7 Å². The molecule has 120 valence electrons. The minimum absolute atomic E-state index is 0.0484. The average molecular weight is 312 g/mol. The van der Waals surface area contributed by atoms with Gasteiger partial charge in [0.2, 0.25) is 0 Å². The van der Waals surface area contributed by atoms with E-state index in [4.69, 9.17) is 5.11 Å². The molecule has 2 rings (SSSR count). The van der Waals surface area contributed by atoms with Gasteiger partial charge in [0.15, 0.2) is 0 Å². The molecular formula is C18H20N2O3. The van der Waals surface area contributed by atoms with E-state index >= 15 is 0 Å². The lowest BCUT2D eigenvalue weighted by Gasteiger charge is -2.26. The summed E-state index contributed by atoms with van der Waals surface area (Å²) in [5.41, 5.74) is 0.944. The zero-order valence-electron chi connectivity index (χ0n) is 13.2. The van der Waals surface area contributed by atoms with Gasteiger partial charge in [-0.25, -0.2) is 4.79 Å². The molecule has 0 aliphatic rings. The number of hydrogen-bond donors (Lipinski definition) is 2. The molecule has 1 aromatic heterocycles. The number of rotatable bonds is 6. The molecule has 5 nitrogen and oxygen atoms in total. The first-order chi connectivity index (χ1) is 10.9. The monoisotopic (exact) mass is 312 g/mol. The maximum Gasteiger partial charge on any atom is 0.335 e. The molecular weight excluding hydrogens is 292 g/mol. The second kappa shape index (κ2) is 7.05. The number of nitrogens with one attached hydrogen (secondary N) is 1. The van der Waals surface area contributed by atoms with Crippen molar-refractivity contribution in [2.24, 2.45) is 0 Å². The summed E-state index contributed by atoms with van der Waals surface area (Å²) in [4.78, 5) is 27.2. The number of carbonyl (C=O) groups is 2. The molecule has 0 atom stereocenters. The van der Waals surface area contributed by atoms with Crippen molar-refractivity contribution in [2.45, 2.75) is 32.2 Å². The Bertz CT molecular complexity index is 696. The molecule has 2 N–H and O–H groups in total. The van der Waals surface area contributed by atoms with Gasteiger partial charge < -0.3 is 10.4 Å². The molecule has 0 saturated heterocycles. The minimum atomic E-state index is -1.08. The Morgan fingerprint density at radius 3 is 2.52 bits per heavy atom. The Hall–Kier alpha value is -2.69. The number of carboxylic acid groups (broad SMARTS) is 1. The van der Waals surface area contributed by atoms with Crippen molar-refractivity contribution in [2.75, 3.05) is 0 Å². The number of aromatic carboxylic acids is 1. The summed E-state index contributed by atoms with van der Waals surface area (Å²) in [5.74, 6) is -1.45. The third-order valence-electron chi connectivity index (χ3n) is 3.57. The standard InChI is InChI=1S/C18H20N2O3/c1-18(2,10-8-13-6-4-3-5-7-13)20-16(21)15-12-14(17(22)23)9-11-19-15/h3-7,9,11-12H,8,10H2,1-2H3,(H,20,21)(H,22,23). The summed E-state index contributed by atoms with van der Waals surface area (Å²) in [7, 11) is 0. The summed E-state index contributed by atoms with van der Waals surface area (Å²) in [6.07, 6.45) is 2.94. The van der Waals surface area contributed by atoms with Crippen LogP contribution in [0.4, 0.5) is 0 Å². The van der Waals surface area contributed by atoms with Crippen molar-refractivity contribution >= 4 is 11.9 Å². The molecule has 1 amide bonds. The van der Waals surface area contributed by atoms with E-state index in [1.165, 1.54) is 23.9 Å². The Kier molecular flexibility index (Phi) is 5.11. The number of hydrogen-bond acceptors (Lipinski definition) is 3. The maximum atomic E-state index is 12.3. The topological polar surface area (TPSA) is 79.3 Å². The van der Waals surface area contributed by atoms with Gasteiger partial charge in [0.05, 0.1) is 5.56 Å². The quantitative estimate of drug-likeness (QED) is 0.859. The van der Waals surface area contributed by atoms with Crippen molar-refractivity contribution in [1.82, 2.24) is 10.3 Å². The van der Waals surface area contributed by atoms with Crippen LogP contribution in [0.2, 0.25) is 0 Å². The minimum Gasteiger partial charge on any atom is -0.478 e. The summed E-state index contributed by atoms with van der Waals surface area (Å²) in [6.45, 7) is 3.88. The van der Waals surface area contributed by atoms with Crippen LogP contribution >= 0.6 is 0 Å². The first kappa shape index (κ1) is 16.7. The number of carbonyl (C=O) groups excluding carboxylic acids is 1. The molecule has 0 radical (unpaired) electrons. The second-order valence-electron chi connectivity index (χ2n) is 6.06. The summed E-state index contributed by atoms with van der Waals surface area (Å²) in [5, 5.41) is 11.9. The van der Waals surface area contributed by atoms with E-state index in [-0.39, 0.29) is 17.2 Å². The number of pyridine rings is 1. The highest BCUT2D eigenvalue weighted by Crippen LogP contribution is 2.14. The van der Waals surface area contributed by atoms with Crippen LogP contribution in [-0.2, 0) is 6.42 Å². The molecule has 23 heavy (non-hydrogen) atoms. The Morgan fingerprint density at radius 1 is 1.17 bits per heavy atom. The van der Waals surface area contributed by atoms with E-state index in [0.717, 1.165) is 12.8 Å². The van der Waals surface area contributed by atoms with Crippen LogP contribution in [0.3, 0.4) is 0 Å². The predicted octanol–water partition coefficient (Wildman–Crippen LogP) is 2.92. The number of nitrogens with zero attached hydrogens (tertiary/aromatic N) is 1. The van der Waals surface area contributed by atoms with Crippen LogP contribution in [0.15, 0.2) is 48.7 Å². The van der Waals surface area contributed by atoms with Crippen molar-refractivity contribution in [3.8, 4) is 0 Å². The van der Waals surface area contributed by atoms with E-state index in [1.54, 1.807) is 0 Å². The number of benzene rings is 1. The molecule has 5 heteroatoms. The Balaban J connectivity index is 2.00. The lowest BCUT2D eigenvalue weighted by Crippen LogP contribution is -2.44. The molecule has 0 aliphatic carbocycles. The Labute approximate surface area is 135 Å². The summed E-state index contributed by atoms with van der Waals surface area (Å²) in [6, 6.07) is 12.7. The third kappa shape index (κ3) is 4.92. The van der Waals surface area contributed by atoms with Crippen LogP contribution in [-0.4, -0.2) is 27.5 Å². The van der Waals surface area contributed by atoms with Crippen LogP contribution in [0.5, 0.6) is 0 Å². The highest BCUT2D eigenvalue weighted by atomic mass is 16.4. The number of aromatic nitrogens is 1. The van der Waals surface area contributed by atoms with Crippen molar-refractivity contribution in [3.63, 3.8) is 0 Å². The van der Waals surface area contributed by atoms with Crippen LogP contribution in [0, 0.1) is 0 Å². The zero-order chi connectivity index (χ0) is 16.9. The van der Waals surface area contributed by atoms with E-state index < -0.39 is 11.5 Å². The van der Waals surface area contributed by atoms with E-state index in [0.29, 0.717) is 0 Å². The first-order valence-corrected chi connectivity index (χ1v) is 7.43. The van der Waals surface area contributed by atoms with E-state index in [2.05, 4.69) is 22.4 Å². The lowest BCUT2D eigenvalue weighted by molar-refractivity contribution is 0.0696. The van der Waals surface area contributed by atoms with E-state index in [1.807, 2.05) is 32.0 Å². The SMILES string of the molecule is CC(C)(CCc1ccccc1)NC(=O)c1cc(C(=O)O)ccn1. The van der Waals surface area contributed by atoms with Crippen molar-refractivity contribution < 1.29 is 14.7 Å². The van der Waals surface area contributed by atoms with Gasteiger partial charge in [-0.2, -0.15) is 0 Å². The molecule has 0 unspecified atom stereocenters. The highest BCUT2D eigenvalue weighted by Gasteiger charge is 2.22. The molecule has 0 aliphatic heterocycles. The van der Waals surface area contributed by atoms with Gasteiger partial charge in [-0.1, -0.05) is 30.3 Å². The highest BCUT2D eigenvalue weighted by molar-refractivity contribution is 5.96. The molecule has 0 saturated carbocycles. The van der Waals surface area contributed by atoms with E-state index in [9.17, 15) is 9.59 Å². The van der Waals surface area contributed by atoms with Gasteiger partial charge in [0.1, 0.15) is 5.69 Å². The molecule has 2 aromatic rings. The van der Waals surface area contributed by atoms with Crippen LogP contribution in [0.25, 0.3) is 0 Å². The number of amides is 1. The van der Waals surface area contributed by atoms with Crippen molar-refractivity contribution in [3.05, 3.63) is 65.5 Å². The predicted molar refractivity (Wildman–Crippen MR) is 87.5 cm³/mol. The van der Waals surface area contributed by atoms with Crippen molar-refractivity contribution in [1.29, 1.82) is 0 Å². The zero-order valence-corrected chi connectivity index (χ0v) is 13.2. The molecule has 1 aromatic carbocycles. The number of carboxylic acids is 1. The van der Waals surface area contributed by atoms with Gasteiger partial charge in [0.25, 0.3) is 5.91 Å². The van der Waals surface area contributed by atoms with Gasteiger partial charge in [0, 0.05) is 11.7 Å². The van der Waals surface area contributed by atoms with Gasteiger partial charge >= 0.3 is 5.97 Å². The number of aryl methyl sites for hydroxylation is 1. The summed E-state index contributed by atoms with van der Waals surface area (Å²) < 4.78 is 0. The summed E-state index contributed by atoms with van der Waals surface area (Å²) >= 11 is 0. The average Bonchev–Trinajstić information content (AvgIpc) is 2.54. The fraction of sp³-hybridized carbons (Fsp3) is 0.278. The fourth-order valence-electron chi connectivity index (χ4n) is 2.22. The largest absolute Gasteiger partial charge is 0.478 e. The first-order valence-electron chi connectivity index (χ1n) is 7.43. The smallest absolute Gasteiger partial charge is 0.335 e. The van der Waals surface area contributed by atoms with Gasteiger partial charge in [-0.05, 0) is 44.4 Å². The molecule has 1 heterocycles. The normalized spacial score (nSPS) is 11.0. The molecule has 0 spiro atoms. The molecule has 0 bridgehead atoms.